The molecule has 1 aliphatic rings. The van der Waals surface area contributed by atoms with Crippen LogP contribution in [0.1, 0.15) is 39.2 Å². The molecule has 1 fully saturated rings. The Bertz CT molecular complexity index is 516. The maximum absolute atomic E-state index is 11.7. The Hall–Kier alpha value is -1.75. The smallest absolute Gasteiger partial charge is 0.412 e. The highest BCUT2D eigenvalue weighted by Gasteiger charge is 2.44. The number of phenolic OH excluding ortho intramolecular Hbond substituents is 1. The van der Waals surface area contributed by atoms with Crippen LogP contribution in [-0.4, -0.2) is 23.8 Å². The summed E-state index contributed by atoms with van der Waals surface area (Å²) in [5.74, 6) is 0.186. The van der Waals surface area contributed by atoms with Gasteiger partial charge in [-0.3, -0.25) is 5.32 Å². The number of ether oxygens (including phenoxy) is 1. The molecule has 3 N–H and O–H groups in total. The first-order valence-corrected chi connectivity index (χ1v) is 6.78. The van der Waals surface area contributed by atoms with Crippen LogP contribution in [0.15, 0.2) is 18.2 Å². The lowest BCUT2D eigenvalue weighted by Gasteiger charge is -2.20. The minimum Gasteiger partial charge on any atom is -0.508 e. The first-order chi connectivity index (χ1) is 9.26. The molecule has 0 atom stereocenters. The number of rotatable bonds is 3. The fourth-order valence-electron chi connectivity index (χ4n) is 2.21. The number of hydrogen-bond acceptors (Lipinski definition) is 4. The van der Waals surface area contributed by atoms with Crippen molar-refractivity contribution in [2.45, 2.75) is 44.8 Å². The normalized spacial score (nSPS) is 16.6. The van der Waals surface area contributed by atoms with Crippen molar-refractivity contribution in [3.05, 3.63) is 23.8 Å². The molecule has 1 aromatic rings. The van der Waals surface area contributed by atoms with Crippen LogP contribution in [0.4, 0.5) is 10.5 Å². The quantitative estimate of drug-likeness (QED) is 0.795. The van der Waals surface area contributed by atoms with Crippen molar-refractivity contribution < 1.29 is 14.6 Å². The molecule has 20 heavy (non-hydrogen) atoms. The molecule has 0 spiro atoms. The molecule has 5 nitrogen and oxygen atoms in total. The molecule has 5 heteroatoms. The van der Waals surface area contributed by atoms with Crippen LogP contribution in [0.5, 0.6) is 5.75 Å². The topological polar surface area (TPSA) is 70.6 Å². The van der Waals surface area contributed by atoms with Crippen molar-refractivity contribution in [1.29, 1.82) is 0 Å². The number of carbonyl (C=O) groups excluding carboxylic acids is 1. The van der Waals surface area contributed by atoms with Gasteiger partial charge in [0.1, 0.15) is 11.4 Å². The Labute approximate surface area is 119 Å². The Morgan fingerprint density at radius 1 is 1.35 bits per heavy atom. The van der Waals surface area contributed by atoms with Crippen molar-refractivity contribution in [2.75, 3.05) is 12.4 Å². The van der Waals surface area contributed by atoms with Gasteiger partial charge in [-0.1, -0.05) is 6.07 Å². The van der Waals surface area contributed by atoms with E-state index in [9.17, 15) is 9.90 Å². The summed E-state index contributed by atoms with van der Waals surface area (Å²) in [6.07, 6.45) is 1.49. The van der Waals surface area contributed by atoms with Crippen LogP contribution in [0.25, 0.3) is 0 Å². The first-order valence-electron chi connectivity index (χ1n) is 6.78. The zero-order valence-corrected chi connectivity index (χ0v) is 12.4. The molecule has 1 aliphatic carbocycles. The van der Waals surface area contributed by atoms with Gasteiger partial charge in [0.05, 0.1) is 0 Å². The molecule has 0 radical (unpaired) electrons. The predicted molar refractivity (Wildman–Crippen MR) is 77.9 cm³/mol. The van der Waals surface area contributed by atoms with Gasteiger partial charge in [-0.25, -0.2) is 4.79 Å². The van der Waals surface area contributed by atoms with Crippen LogP contribution in [0, 0.1) is 0 Å². The first kappa shape index (κ1) is 14.7. The third-order valence-corrected chi connectivity index (χ3v) is 3.39. The summed E-state index contributed by atoms with van der Waals surface area (Å²) >= 11 is 0. The van der Waals surface area contributed by atoms with Gasteiger partial charge in [0.2, 0.25) is 0 Å². The van der Waals surface area contributed by atoms with E-state index in [1.165, 1.54) is 0 Å². The molecule has 1 amide bonds. The van der Waals surface area contributed by atoms with E-state index in [1.807, 2.05) is 13.1 Å². The summed E-state index contributed by atoms with van der Waals surface area (Å²) < 4.78 is 5.17. The van der Waals surface area contributed by atoms with E-state index >= 15 is 0 Å². The molecular formula is C15H22N2O3. The molecular weight excluding hydrogens is 256 g/mol. The van der Waals surface area contributed by atoms with E-state index in [-0.39, 0.29) is 11.3 Å². The van der Waals surface area contributed by atoms with Gasteiger partial charge < -0.3 is 15.2 Å². The molecule has 0 aromatic heterocycles. The Balaban J connectivity index is 2.08. The fraction of sp³-hybridized carbons (Fsp3) is 0.533. The second-order valence-electron chi connectivity index (χ2n) is 6.19. The minimum atomic E-state index is -0.545. The van der Waals surface area contributed by atoms with Crippen molar-refractivity contribution in [1.82, 2.24) is 5.32 Å². The minimum absolute atomic E-state index is 0.103. The summed E-state index contributed by atoms with van der Waals surface area (Å²) in [5, 5.41) is 16.0. The van der Waals surface area contributed by atoms with Gasteiger partial charge in [-0.2, -0.15) is 0 Å². The predicted octanol–water partition coefficient (Wildman–Crippen LogP) is 2.95. The lowest BCUT2D eigenvalue weighted by Crippen LogP contribution is -2.27. The van der Waals surface area contributed by atoms with Crippen molar-refractivity contribution in [3.8, 4) is 5.75 Å². The van der Waals surface area contributed by atoms with Gasteiger partial charge in [0.25, 0.3) is 0 Å². The van der Waals surface area contributed by atoms with Crippen LogP contribution in [0.3, 0.4) is 0 Å². The van der Waals surface area contributed by atoms with Gasteiger partial charge in [0, 0.05) is 22.9 Å². The van der Waals surface area contributed by atoms with Gasteiger partial charge in [-0.05, 0) is 46.7 Å². The van der Waals surface area contributed by atoms with E-state index in [0.717, 1.165) is 18.4 Å². The summed E-state index contributed by atoms with van der Waals surface area (Å²) in [6.45, 7) is 5.41. The third kappa shape index (κ3) is 3.22. The highest BCUT2D eigenvalue weighted by Crippen LogP contribution is 2.48. The third-order valence-electron chi connectivity index (χ3n) is 3.39. The zero-order valence-electron chi connectivity index (χ0n) is 12.4. The zero-order chi connectivity index (χ0) is 15.0. The number of nitrogens with one attached hydrogen (secondary N) is 2. The van der Waals surface area contributed by atoms with E-state index in [2.05, 4.69) is 10.6 Å². The molecule has 110 valence electrons. The van der Waals surface area contributed by atoms with Gasteiger partial charge in [0.15, 0.2) is 0 Å². The highest BCUT2D eigenvalue weighted by atomic mass is 16.6. The molecule has 0 bridgehead atoms. The maximum atomic E-state index is 11.7. The Morgan fingerprint density at radius 2 is 2.00 bits per heavy atom. The van der Waals surface area contributed by atoms with Gasteiger partial charge in [-0.15, -0.1) is 0 Å². The molecule has 1 aromatic carbocycles. The average molecular weight is 278 g/mol. The second-order valence-corrected chi connectivity index (χ2v) is 6.19. The van der Waals surface area contributed by atoms with Crippen molar-refractivity contribution >= 4 is 11.8 Å². The molecule has 0 heterocycles. The Morgan fingerprint density at radius 3 is 2.45 bits per heavy atom. The van der Waals surface area contributed by atoms with Crippen molar-refractivity contribution in [3.63, 3.8) is 0 Å². The molecule has 0 saturated heterocycles. The van der Waals surface area contributed by atoms with E-state index in [1.54, 1.807) is 32.9 Å². The number of amides is 1. The van der Waals surface area contributed by atoms with Crippen LogP contribution in [0.2, 0.25) is 0 Å². The van der Waals surface area contributed by atoms with Gasteiger partial charge >= 0.3 is 6.09 Å². The molecule has 0 aliphatic heterocycles. The van der Waals surface area contributed by atoms with Crippen LogP contribution in [-0.2, 0) is 10.3 Å². The monoisotopic (exact) mass is 278 g/mol. The number of aromatic hydroxyl groups is 1. The molecule has 1 saturated carbocycles. The number of phenols is 1. The lowest BCUT2D eigenvalue weighted by molar-refractivity contribution is 0.0636. The largest absolute Gasteiger partial charge is 0.508 e. The average Bonchev–Trinajstić information content (AvgIpc) is 3.07. The van der Waals surface area contributed by atoms with Crippen LogP contribution < -0.4 is 10.6 Å². The highest BCUT2D eigenvalue weighted by molar-refractivity contribution is 5.85. The number of carbonyl (C=O) groups is 1. The lowest BCUT2D eigenvalue weighted by atomic mass is 10.0. The fourth-order valence-corrected chi connectivity index (χ4v) is 2.21. The van der Waals surface area contributed by atoms with Crippen LogP contribution >= 0.6 is 0 Å². The number of benzene rings is 1. The van der Waals surface area contributed by atoms with Crippen molar-refractivity contribution in [2.24, 2.45) is 0 Å². The summed E-state index contributed by atoms with van der Waals surface area (Å²) in [6, 6.07) is 5.17. The summed E-state index contributed by atoms with van der Waals surface area (Å²) in [4.78, 5) is 11.7. The number of hydrogen-bond donors (Lipinski definition) is 3. The standard InChI is InChI=1S/C15H22N2O3/c1-14(2,3)20-13(19)17-10-5-6-11(12(18)9-10)15(16-4)7-8-15/h5-6,9,16,18H,7-8H2,1-4H3,(H,17,19). The second kappa shape index (κ2) is 4.98. The summed E-state index contributed by atoms with van der Waals surface area (Å²) in [5.41, 5.74) is 0.743. The molecule has 0 unspecified atom stereocenters. The maximum Gasteiger partial charge on any atom is 0.412 e. The van der Waals surface area contributed by atoms with E-state index in [0.29, 0.717) is 5.69 Å². The summed E-state index contributed by atoms with van der Waals surface area (Å²) in [7, 11) is 1.89. The van der Waals surface area contributed by atoms with E-state index < -0.39 is 11.7 Å². The molecule has 2 rings (SSSR count). The SMILES string of the molecule is CNC1(c2ccc(NC(=O)OC(C)(C)C)cc2O)CC1. The Kier molecular flexibility index (Phi) is 3.65. The number of anilines is 1. The van der Waals surface area contributed by atoms with E-state index in [4.69, 9.17) is 4.74 Å².